The maximum absolute atomic E-state index is 3.64. The maximum atomic E-state index is 3.64. The van der Waals surface area contributed by atoms with Crippen molar-refractivity contribution in [1.29, 1.82) is 0 Å². The van der Waals surface area contributed by atoms with Crippen LogP contribution in [0.15, 0.2) is 28.7 Å². The van der Waals surface area contributed by atoms with Crippen LogP contribution in [0.4, 0.5) is 0 Å². The van der Waals surface area contributed by atoms with Crippen LogP contribution in [0.5, 0.6) is 0 Å². The van der Waals surface area contributed by atoms with E-state index >= 15 is 0 Å². The molecule has 0 bridgehead atoms. The first-order valence-corrected chi connectivity index (χ1v) is 10.9. The second-order valence-corrected chi connectivity index (χ2v) is 12.2. The third kappa shape index (κ3) is 4.41. The van der Waals surface area contributed by atoms with Crippen molar-refractivity contribution in [3.63, 3.8) is 0 Å². The first-order chi connectivity index (χ1) is 6.94. The topological polar surface area (TPSA) is 0 Å². The number of benzene rings is 1. The van der Waals surface area contributed by atoms with Crippen molar-refractivity contribution in [1.82, 2.24) is 0 Å². The lowest BCUT2D eigenvalue weighted by Crippen LogP contribution is -2.23. The van der Waals surface area contributed by atoms with Crippen LogP contribution < -0.4 is 0 Å². The van der Waals surface area contributed by atoms with Gasteiger partial charge in [-0.3, -0.25) is 0 Å². The van der Waals surface area contributed by atoms with Gasteiger partial charge in [0.1, 0.15) is 0 Å². The summed E-state index contributed by atoms with van der Waals surface area (Å²) in [5, 5.41) is 1.06. The van der Waals surface area contributed by atoms with Gasteiger partial charge in [-0.15, -0.1) is 0 Å². The largest absolute Gasteiger partial charge is 0.0922 e. The van der Waals surface area contributed by atoms with Gasteiger partial charge in [-0.25, -0.2) is 0 Å². The summed E-state index contributed by atoms with van der Waals surface area (Å²) >= 11 is 7.28. The standard InChI is InChI=1S/C12H18Br2Si/c1-15(2,3)9-10(8-13)11-6-4-5-7-12(11)14/h4-7,10H,8-9H2,1-3H3. The van der Waals surface area contributed by atoms with Crippen LogP contribution >= 0.6 is 31.9 Å². The van der Waals surface area contributed by atoms with Crippen LogP contribution in [0, 0.1) is 0 Å². The zero-order valence-electron chi connectivity index (χ0n) is 9.56. The molecule has 0 spiro atoms. The third-order valence-corrected chi connectivity index (χ3v) is 5.61. The molecular weight excluding hydrogens is 332 g/mol. The monoisotopic (exact) mass is 348 g/mol. The van der Waals surface area contributed by atoms with Crippen LogP contribution in [0.2, 0.25) is 25.7 Å². The molecular formula is C12H18Br2Si. The predicted molar refractivity (Wildman–Crippen MR) is 78.8 cm³/mol. The van der Waals surface area contributed by atoms with Gasteiger partial charge in [-0.05, 0) is 23.6 Å². The van der Waals surface area contributed by atoms with E-state index in [0.29, 0.717) is 5.92 Å². The zero-order valence-corrected chi connectivity index (χ0v) is 13.7. The summed E-state index contributed by atoms with van der Waals surface area (Å²) in [6, 6.07) is 9.90. The van der Waals surface area contributed by atoms with Crippen molar-refractivity contribution in [2.24, 2.45) is 0 Å². The molecule has 0 nitrogen and oxygen atoms in total. The summed E-state index contributed by atoms with van der Waals surface area (Å²) in [7, 11) is -0.998. The quantitative estimate of drug-likeness (QED) is 0.513. The van der Waals surface area contributed by atoms with Gasteiger partial charge in [0, 0.05) is 17.9 Å². The van der Waals surface area contributed by atoms with Crippen molar-refractivity contribution in [3.8, 4) is 0 Å². The van der Waals surface area contributed by atoms with Gasteiger partial charge in [0.15, 0.2) is 0 Å². The Morgan fingerprint density at radius 2 is 1.80 bits per heavy atom. The minimum absolute atomic E-state index is 0.646. The molecule has 1 unspecified atom stereocenters. The fraction of sp³-hybridized carbons (Fsp3) is 0.500. The number of rotatable bonds is 4. The average Bonchev–Trinajstić information content (AvgIpc) is 2.14. The first kappa shape index (κ1) is 13.5. The van der Waals surface area contributed by atoms with Gasteiger partial charge >= 0.3 is 0 Å². The van der Waals surface area contributed by atoms with Crippen LogP contribution in [-0.4, -0.2) is 13.4 Å². The van der Waals surface area contributed by atoms with E-state index in [9.17, 15) is 0 Å². The molecule has 0 amide bonds. The highest BCUT2D eigenvalue weighted by molar-refractivity contribution is 9.10. The van der Waals surface area contributed by atoms with E-state index in [2.05, 4.69) is 75.8 Å². The molecule has 1 aromatic carbocycles. The molecule has 1 atom stereocenters. The SMILES string of the molecule is C[Si](C)(C)CC(CBr)c1ccccc1Br. The van der Waals surface area contributed by atoms with Crippen LogP contribution in [0.1, 0.15) is 11.5 Å². The molecule has 0 aromatic heterocycles. The predicted octanol–water partition coefficient (Wildman–Crippen LogP) is 5.27. The fourth-order valence-electron chi connectivity index (χ4n) is 1.79. The summed E-state index contributed by atoms with van der Waals surface area (Å²) in [6.07, 6.45) is 0. The molecule has 0 aliphatic carbocycles. The lowest BCUT2D eigenvalue weighted by Gasteiger charge is -2.24. The van der Waals surface area contributed by atoms with E-state index in [4.69, 9.17) is 0 Å². The van der Waals surface area contributed by atoms with Crippen molar-refractivity contribution in [2.75, 3.05) is 5.33 Å². The Morgan fingerprint density at radius 1 is 1.20 bits per heavy atom. The summed E-state index contributed by atoms with van der Waals surface area (Å²) in [4.78, 5) is 0. The second kappa shape index (κ2) is 5.64. The van der Waals surface area contributed by atoms with Gasteiger partial charge in [0.2, 0.25) is 0 Å². The first-order valence-electron chi connectivity index (χ1n) is 5.24. The Bertz CT molecular complexity index is 318. The molecule has 1 rings (SSSR count). The zero-order chi connectivity index (χ0) is 11.5. The van der Waals surface area contributed by atoms with Gasteiger partial charge in [0.05, 0.1) is 0 Å². The van der Waals surface area contributed by atoms with Gasteiger partial charge < -0.3 is 0 Å². The summed E-state index contributed by atoms with van der Waals surface area (Å²) in [5.74, 6) is 0.646. The Morgan fingerprint density at radius 3 is 2.27 bits per heavy atom. The number of hydrogen-bond donors (Lipinski definition) is 0. The van der Waals surface area contributed by atoms with Gasteiger partial charge in [-0.2, -0.15) is 0 Å². The smallest absolute Gasteiger partial charge is 0.0449 e. The minimum Gasteiger partial charge on any atom is -0.0922 e. The normalized spacial score (nSPS) is 13.9. The molecule has 0 radical (unpaired) electrons. The Kier molecular flexibility index (Phi) is 5.07. The van der Waals surface area contributed by atoms with Crippen molar-refractivity contribution in [3.05, 3.63) is 34.3 Å². The molecule has 0 N–H and O–H groups in total. The third-order valence-electron chi connectivity index (χ3n) is 2.39. The van der Waals surface area contributed by atoms with E-state index in [1.807, 2.05) is 0 Å². The highest BCUT2D eigenvalue weighted by Gasteiger charge is 2.22. The molecule has 0 aliphatic heterocycles. The summed E-state index contributed by atoms with van der Waals surface area (Å²) in [5.41, 5.74) is 1.44. The summed E-state index contributed by atoms with van der Waals surface area (Å²) < 4.78 is 1.24. The minimum atomic E-state index is -0.998. The number of hydrogen-bond acceptors (Lipinski definition) is 0. The van der Waals surface area contributed by atoms with E-state index in [-0.39, 0.29) is 0 Å². The highest BCUT2D eigenvalue weighted by atomic mass is 79.9. The van der Waals surface area contributed by atoms with E-state index in [0.717, 1.165) is 5.33 Å². The Hall–Kier alpha value is 0.397. The molecule has 0 saturated carbocycles. The molecule has 1 aromatic rings. The molecule has 0 fully saturated rings. The van der Waals surface area contributed by atoms with Crippen molar-refractivity contribution >= 4 is 39.9 Å². The molecule has 3 heteroatoms. The Labute approximate surface area is 111 Å². The highest BCUT2D eigenvalue weighted by Crippen LogP contribution is 2.32. The maximum Gasteiger partial charge on any atom is 0.0449 e. The van der Waals surface area contributed by atoms with Gasteiger partial charge in [0.25, 0.3) is 0 Å². The Balaban J connectivity index is 2.88. The van der Waals surface area contributed by atoms with E-state index < -0.39 is 8.07 Å². The lowest BCUT2D eigenvalue weighted by molar-refractivity contribution is 0.859. The van der Waals surface area contributed by atoms with E-state index in [1.54, 1.807) is 0 Å². The number of alkyl halides is 1. The van der Waals surface area contributed by atoms with Crippen LogP contribution in [-0.2, 0) is 0 Å². The van der Waals surface area contributed by atoms with Crippen LogP contribution in [0.3, 0.4) is 0 Å². The van der Waals surface area contributed by atoms with E-state index in [1.165, 1.54) is 16.1 Å². The number of halogens is 2. The molecule has 15 heavy (non-hydrogen) atoms. The lowest BCUT2D eigenvalue weighted by atomic mass is 10.0. The summed E-state index contributed by atoms with van der Waals surface area (Å²) in [6.45, 7) is 7.29. The van der Waals surface area contributed by atoms with Crippen LogP contribution in [0.25, 0.3) is 0 Å². The average molecular weight is 350 g/mol. The van der Waals surface area contributed by atoms with Crippen molar-refractivity contribution < 1.29 is 0 Å². The second-order valence-electron chi connectivity index (χ2n) is 5.14. The molecule has 0 saturated heterocycles. The van der Waals surface area contributed by atoms with Gasteiger partial charge in [-0.1, -0.05) is 69.7 Å². The molecule has 0 aliphatic rings. The molecule has 84 valence electrons. The fourth-order valence-corrected chi connectivity index (χ4v) is 5.24. The van der Waals surface area contributed by atoms with Crippen molar-refractivity contribution in [2.45, 2.75) is 31.6 Å². The molecule has 0 heterocycles.